The van der Waals surface area contributed by atoms with Crippen molar-refractivity contribution in [2.75, 3.05) is 5.32 Å². The van der Waals surface area contributed by atoms with Crippen LogP contribution in [0.3, 0.4) is 0 Å². The van der Waals surface area contributed by atoms with E-state index in [1.807, 2.05) is 5.41 Å². The quantitative estimate of drug-likeness (QED) is 0.896. The molecule has 0 saturated heterocycles. The zero-order valence-electron chi connectivity index (χ0n) is 12.9. The fourth-order valence-corrected chi connectivity index (χ4v) is 4.62. The van der Waals surface area contributed by atoms with Crippen molar-refractivity contribution in [2.45, 2.75) is 44.7 Å². The number of rotatable bonds is 2. The minimum Gasteiger partial charge on any atom is -0.326 e. The molecular weight excluding hydrogens is 313 g/mol. The molecule has 0 radical (unpaired) electrons. The zero-order chi connectivity index (χ0) is 16.0. The maximum Gasteiger partial charge on any atom is 0.221 e. The number of fused-ring (bicyclic) bond motifs is 3. The first-order valence-electron chi connectivity index (χ1n) is 7.95. The maximum absolute atomic E-state index is 14.6. The highest BCUT2D eigenvalue weighted by atomic mass is 32.2. The normalized spacial score (nSPS) is 25.6. The number of amides is 1. The second-order valence-corrected chi connectivity index (χ2v) is 7.03. The molecule has 1 saturated carbocycles. The molecule has 1 amide bonds. The van der Waals surface area contributed by atoms with Gasteiger partial charge in [0.15, 0.2) is 5.17 Å². The molecule has 0 bridgehead atoms. The van der Waals surface area contributed by atoms with Crippen molar-refractivity contribution < 1.29 is 9.18 Å². The van der Waals surface area contributed by atoms with Crippen molar-refractivity contribution in [3.8, 4) is 0 Å². The van der Waals surface area contributed by atoms with Crippen molar-refractivity contribution in [3.63, 3.8) is 0 Å². The molecule has 6 heteroatoms. The summed E-state index contributed by atoms with van der Waals surface area (Å²) in [4.78, 5) is 18.1. The summed E-state index contributed by atoms with van der Waals surface area (Å²) in [6.07, 6.45) is 4.68. The van der Waals surface area contributed by atoms with Gasteiger partial charge in [-0.25, -0.2) is 4.39 Å². The number of amidine groups is 1. The lowest BCUT2D eigenvalue weighted by Crippen LogP contribution is -2.38. The molecule has 1 N–H and O–H groups in total. The summed E-state index contributed by atoms with van der Waals surface area (Å²) in [5.74, 6) is -0.518. The lowest BCUT2D eigenvalue weighted by molar-refractivity contribution is -0.114. The van der Waals surface area contributed by atoms with Gasteiger partial charge in [0, 0.05) is 23.6 Å². The van der Waals surface area contributed by atoms with Gasteiger partial charge < -0.3 is 10.2 Å². The van der Waals surface area contributed by atoms with Gasteiger partial charge in [-0.1, -0.05) is 24.6 Å². The highest BCUT2D eigenvalue weighted by Crippen LogP contribution is 2.44. The minimum atomic E-state index is -0.316. The molecule has 1 aromatic rings. The molecule has 1 fully saturated rings. The van der Waals surface area contributed by atoms with Crippen molar-refractivity contribution in [1.82, 2.24) is 4.90 Å². The first-order valence-corrected chi connectivity index (χ1v) is 8.83. The Morgan fingerprint density at radius 1 is 1.39 bits per heavy atom. The first kappa shape index (κ1) is 14.8. The summed E-state index contributed by atoms with van der Waals surface area (Å²) in [6.45, 7) is 1.41. The number of halogens is 1. The van der Waals surface area contributed by atoms with Gasteiger partial charge >= 0.3 is 0 Å². The average molecular weight is 331 g/mol. The number of nitrogens with one attached hydrogen (secondary N) is 1. The van der Waals surface area contributed by atoms with Gasteiger partial charge in [-0.05, 0) is 31.0 Å². The van der Waals surface area contributed by atoms with Gasteiger partial charge in [0.1, 0.15) is 5.82 Å². The third-order valence-electron chi connectivity index (χ3n) is 4.61. The average Bonchev–Trinajstić information content (AvgIpc) is 3.06. The van der Waals surface area contributed by atoms with Crippen LogP contribution in [0.25, 0.3) is 5.70 Å². The number of hydrogen-bond donors (Lipinski definition) is 1. The van der Waals surface area contributed by atoms with Crippen molar-refractivity contribution in [3.05, 3.63) is 35.0 Å². The number of carbonyl (C=O) groups is 1. The van der Waals surface area contributed by atoms with Crippen LogP contribution in [-0.2, 0) is 4.79 Å². The van der Waals surface area contributed by atoms with Crippen LogP contribution in [0.2, 0.25) is 0 Å². The Morgan fingerprint density at radius 2 is 2.22 bits per heavy atom. The molecule has 120 valence electrons. The van der Waals surface area contributed by atoms with Crippen molar-refractivity contribution in [2.24, 2.45) is 4.99 Å². The number of hydrogen-bond acceptors (Lipinski definition) is 4. The Labute approximate surface area is 138 Å². The van der Waals surface area contributed by atoms with Crippen LogP contribution in [-0.4, -0.2) is 28.1 Å². The summed E-state index contributed by atoms with van der Waals surface area (Å²) >= 11 is 1.58. The molecule has 2 heterocycles. The Morgan fingerprint density at radius 3 is 3.00 bits per heavy atom. The van der Waals surface area contributed by atoms with Crippen LogP contribution >= 0.6 is 11.8 Å². The van der Waals surface area contributed by atoms with Crippen LogP contribution in [0, 0.1) is 5.82 Å². The second kappa shape index (κ2) is 5.67. The van der Waals surface area contributed by atoms with Crippen LogP contribution in [0.1, 0.15) is 38.2 Å². The summed E-state index contributed by atoms with van der Waals surface area (Å²) in [6, 6.07) is 5.60. The standard InChI is InChI=1S/C17H18FN3OS/c1-10(22)19-11-6-7-12(13(18)8-11)16-9-23-17-20-14-4-2-3-5-15(14)21(16)17/h6-9,14-15H,2-5H2,1H3,(H,19,22)/t14-,15+/m1/s1. The van der Waals surface area contributed by atoms with E-state index < -0.39 is 0 Å². The molecular formula is C17H18FN3OS. The van der Waals surface area contributed by atoms with Crippen LogP contribution in [0.15, 0.2) is 28.6 Å². The summed E-state index contributed by atoms with van der Waals surface area (Å²) in [7, 11) is 0. The smallest absolute Gasteiger partial charge is 0.221 e. The highest BCUT2D eigenvalue weighted by Gasteiger charge is 2.42. The Hall–Kier alpha value is -1.82. The number of aliphatic imine (C=N–C) groups is 1. The fraction of sp³-hybridized carbons (Fsp3) is 0.412. The van der Waals surface area contributed by atoms with Crippen LogP contribution < -0.4 is 5.32 Å². The van der Waals surface area contributed by atoms with Gasteiger partial charge in [-0.15, -0.1) is 0 Å². The third-order valence-corrected chi connectivity index (χ3v) is 5.46. The molecule has 23 heavy (non-hydrogen) atoms. The predicted molar refractivity (Wildman–Crippen MR) is 91.6 cm³/mol. The van der Waals surface area contributed by atoms with E-state index in [0.29, 0.717) is 23.3 Å². The molecule has 0 unspecified atom stereocenters. The van der Waals surface area contributed by atoms with E-state index >= 15 is 0 Å². The van der Waals surface area contributed by atoms with E-state index in [4.69, 9.17) is 4.99 Å². The van der Waals surface area contributed by atoms with E-state index in [2.05, 4.69) is 10.2 Å². The summed E-state index contributed by atoms with van der Waals surface area (Å²) in [5.41, 5.74) is 1.95. The minimum absolute atomic E-state index is 0.202. The molecule has 2 aliphatic heterocycles. The van der Waals surface area contributed by atoms with Gasteiger partial charge in [-0.3, -0.25) is 9.79 Å². The van der Waals surface area contributed by atoms with Crippen molar-refractivity contribution in [1.29, 1.82) is 0 Å². The van der Waals surface area contributed by atoms with Gasteiger partial charge in [0.25, 0.3) is 0 Å². The highest BCUT2D eigenvalue weighted by molar-refractivity contribution is 8.16. The molecule has 2 atom stereocenters. The van der Waals surface area contributed by atoms with E-state index in [1.165, 1.54) is 25.8 Å². The summed E-state index contributed by atoms with van der Waals surface area (Å²) in [5, 5.41) is 5.60. The molecule has 4 nitrogen and oxygen atoms in total. The largest absolute Gasteiger partial charge is 0.326 e. The first-order chi connectivity index (χ1) is 11.1. The fourth-order valence-electron chi connectivity index (χ4n) is 3.62. The third kappa shape index (κ3) is 2.55. The zero-order valence-corrected chi connectivity index (χ0v) is 13.7. The SMILES string of the molecule is CC(=O)Nc1ccc(C2=CSC3=N[C@@H]4CCCC[C@@H]4N23)c(F)c1. The maximum atomic E-state index is 14.6. The van der Waals surface area contributed by atoms with Gasteiger partial charge in [0.05, 0.1) is 17.8 Å². The second-order valence-electron chi connectivity index (χ2n) is 6.20. The van der Waals surface area contributed by atoms with Gasteiger partial charge in [0.2, 0.25) is 5.91 Å². The van der Waals surface area contributed by atoms with Crippen molar-refractivity contribution >= 4 is 34.2 Å². The Balaban J connectivity index is 1.63. The Bertz CT molecular complexity index is 731. The molecule has 1 aliphatic carbocycles. The number of thioether (sulfide) groups is 1. The monoisotopic (exact) mass is 331 g/mol. The van der Waals surface area contributed by atoms with Gasteiger partial charge in [-0.2, -0.15) is 0 Å². The summed E-state index contributed by atoms with van der Waals surface area (Å²) < 4.78 is 14.6. The van der Waals surface area contributed by atoms with Crippen LogP contribution in [0.5, 0.6) is 0 Å². The molecule has 1 aromatic carbocycles. The van der Waals surface area contributed by atoms with E-state index in [1.54, 1.807) is 23.9 Å². The molecule has 4 rings (SSSR count). The van der Waals surface area contributed by atoms with E-state index in [0.717, 1.165) is 23.7 Å². The number of nitrogens with zero attached hydrogens (tertiary/aromatic N) is 2. The lowest BCUT2D eigenvalue weighted by atomic mass is 9.90. The van der Waals surface area contributed by atoms with Crippen LogP contribution in [0.4, 0.5) is 10.1 Å². The Kier molecular flexibility index (Phi) is 3.64. The number of carbonyl (C=O) groups excluding carboxylic acids is 1. The number of benzene rings is 1. The predicted octanol–water partition coefficient (Wildman–Crippen LogP) is 3.81. The lowest BCUT2D eigenvalue weighted by Gasteiger charge is -2.32. The topological polar surface area (TPSA) is 44.7 Å². The number of anilines is 1. The van der Waals surface area contributed by atoms with E-state index in [9.17, 15) is 9.18 Å². The molecule has 0 spiro atoms. The molecule has 0 aromatic heterocycles. The van der Waals surface area contributed by atoms with E-state index in [-0.39, 0.29) is 11.7 Å². The molecule has 3 aliphatic rings.